The third-order valence-corrected chi connectivity index (χ3v) is 6.25. The molecule has 168 valence electrons. The van der Waals surface area contributed by atoms with Gasteiger partial charge < -0.3 is 19.9 Å². The van der Waals surface area contributed by atoms with Crippen molar-refractivity contribution in [2.24, 2.45) is 0 Å². The first-order valence-electron chi connectivity index (χ1n) is 11.2. The molecule has 1 aliphatic heterocycles. The summed E-state index contributed by atoms with van der Waals surface area (Å²) < 4.78 is 15.9. The summed E-state index contributed by atoms with van der Waals surface area (Å²) in [6.45, 7) is 1.82. The van der Waals surface area contributed by atoms with Crippen LogP contribution < -0.4 is 5.32 Å². The third-order valence-electron chi connectivity index (χ3n) is 6.25. The zero-order chi connectivity index (χ0) is 22.8. The molecule has 0 atom stereocenters. The lowest BCUT2D eigenvalue weighted by molar-refractivity contribution is 0.206. The van der Waals surface area contributed by atoms with E-state index in [4.69, 9.17) is 0 Å². The van der Waals surface area contributed by atoms with Gasteiger partial charge in [0.15, 0.2) is 0 Å². The van der Waals surface area contributed by atoms with Crippen molar-refractivity contribution in [1.29, 1.82) is 0 Å². The van der Waals surface area contributed by atoms with Crippen molar-refractivity contribution in [3.63, 3.8) is 0 Å². The van der Waals surface area contributed by atoms with Crippen molar-refractivity contribution in [2.45, 2.75) is 25.9 Å². The zero-order valence-electron chi connectivity index (χ0n) is 18.3. The van der Waals surface area contributed by atoms with E-state index in [9.17, 15) is 14.3 Å². The second-order valence-electron chi connectivity index (χ2n) is 8.43. The number of halogens is 1. The number of carbonyl (C=O) groups excluding carboxylic acids is 1. The molecule has 0 bridgehead atoms. The summed E-state index contributed by atoms with van der Waals surface area (Å²) in [5.74, 6) is -0.348. The predicted molar refractivity (Wildman–Crippen MR) is 129 cm³/mol. The molecule has 0 saturated heterocycles. The van der Waals surface area contributed by atoms with Crippen molar-refractivity contribution < 1.29 is 14.3 Å². The van der Waals surface area contributed by atoms with Crippen LogP contribution in [0.1, 0.15) is 17.5 Å². The zero-order valence-corrected chi connectivity index (χ0v) is 18.3. The summed E-state index contributed by atoms with van der Waals surface area (Å²) in [7, 11) is 0. The smallest absolute Gasteiger partial charge is 0.322 e. The number of aromatic nitrogens is 1. The number of amides is 2. The maximum absolute atomic E-state index is 13.9. The van der Waals surface area contributed by atoms with E-state index in [0.29, 0.717) is 37.1 Å². The van der Waals surface area contributed by atoms with E-state index in [1.54, 1.807) is 11.0 Å². The molecule has 6 heteroatoms. The van der Waals surface area contributed by atoms with E-state index in [1.165, 1.54) is 28.8 Å². The summed E-state index contributed by atoms with van der Waals surface area (Å²) in [6, 6.07) is 21.1. The van der Waals surface area contributed by atoms with Crippen LogP contribution in [0.25, 0.3) is 22.0 Å². The number of urea groups is 1. The van der Waals surface area contributed by atoms with Gasteiger partial charge >= 0.3 is 6.03 Å². The number of hydrogen-bond acceptors (Lipinski definition) is 2. The van der Waals surface area contributed by atoms with Gasteiger partial charge in [0.25, 0.3) is 0 Å². The van der Waals surface area contributed by atoms with Crippen LogP contribution in [0.15, 0.2) is 72.9 Å². The fraction of sp³-hybridized carbons (Fsp3) is 0.222. The van der Waals surface area contributed by atoms with Crippen LogP contribution in [0.4, 0.5) is 14.9 Å². The first-order valence-corrected chi connectivity index (χ1v) is 11.2. The first-order chi connectivity index (χ1) is 16.1. The lowest BCUT2D eigenvalue weighted by atomic mass is 9.95. The standard InChI is InChI=1S/C27H26FN3O2/c28-23-9-10-26-24(16-23)25(18-30(26)12-4-14-32)29-27(33)31-13-11-21-15-20(7-8-22(21)17-31)19-5-2-1-3-6-19/h1-3,5-10,15-16,18,32H,4,11-14,17H2,(H,29,33). The number of aryl methyl sites for hydroxylation is 1. The molecule has 0 spiro atoms. The number of rotatable bonds is 5. The normalized spacial score (nSPS) is 13.2. The molecule has 0 unspecified atom stereocenters. The van der Waals surface area contributed by atoms with E-state index in [1.807, 2.05) is 29.0 Å². The number of fused-ring (bicyclic) bond motifs is 2. The summed E-state index contributed by atoms with van der Waals surface area (Å²) in [4.78, 5) is 14.9. The highest BCUT2D eigenvalue weighted by atomic mass is 19.1. The molecule has 2 N–H and O–H groups in total. The molecular formula is C27H26FN3O2. The quantitative estimate of drug-likeness (QED) is 0.433. The number of nitrogens with one attached hydrogen (secondary N) is 1. The van der Waals surface area contributed by atoms with Gasteiger partial charge in [0.1, 0.15) is 5.82 Å². The molecule has 33 heavy (non-hydrogen) atoms. The van der Waals surface area contributed by atoms with Crippen molar-refractivity contribution in [3.8, 4) is 11.1 Å². The summed E-state index contributed by atoms with van der Waals surface area (Å²) in [5.41, 5.74) is 6.20. The van der Waals surface area contributed by atoms with E-state index in [-0.39, 0.29) is 18.5 Å². The van der Waals surface area contributed by atoms with Crippen LogP contribution >= 0.6 is 0 Å². The Morgan fingerprint density at radius 1 is 1.00 bits per heavy atom. The van der Waals surface area contributed by atoms with Crippen LogP contribution in [0.5, 0.6) is 0 Å². The van der Waals surface area contributed by atoms with Crippen molar-refractivity contribution in [1.82, 2.24) is 9.47 Å². The molecule has 0 saturated carbocycles. The molecule has 0 radical (unpaired) electrons. The Morgan fingerprint density at radius 2 is 1.85 bits per heavy atom. The van der Waals surface area contributed by atoms with Gasteiger partial charge in [-0.2, -0.15) is 0 Å². The van der Waals surface area contributed by atoms with Gasteiger partial charge in [0.2, 0.25) is 0 Å². The van der Waals surface area contributed by atoms with Crippen molar-refractivity contribution in [3.05, 3.63) is 89.9 Å². The van der Waals surface area contributed by atoms with Gasteiger partial charge in [-0.05, 0) is 53.3 Å². The van der Waals surface area contributed by atoms with Crippen LogP contribution in [0, 0.1) is 5.82 Å². The van der Waals surface area contributed by atoms with E-state index in [2.05, 4.69) is 35.6 Å². The average Bonchev–Trinajstić information content (AvgIpc) is 3.18. The summed E-state index contributed by atoms with van der Waals surface area (Å²) in [6.07, 6.45) is 3.19. The molecule has 0 aliphatic carbocycles. The largest absolute Gasteiger partial charge is 0.396 e. The molecule has 1 aromatic heterocycles. The first kappa shape index (κ1) is 21.2. The Balaban J connectivity index is 1.34. The van der Waals surface area contributed by atoms with Crippen LogP contribution in [0.3, 0.4) is 0 Å². The lowest BCUT2D eigenvalue weighted by Gasteiger charge is -2.29. The molecule has 5 rings (SSSR count). The second kappa shape index (κ2) is 9.08. The molecule has 4 aromatic rings. The molecule has 2 heterocycles. The highest BCUT2D eigenvalue weighted by Gasteiger charge is 2.22. The molecular weight excluding hydrogens is 417 g/mol. The van der Waals surface area contributed by atoms with Crippen LogP contribution in [0.2, 0.25) is 0 Å². The highest BCUT2D eigenvalue weighted by molar-refractivity contribution is 6.01. The van der Waals surface area contributed by atoms with Gasteiger partial charge in [0, 0.05) is 37.8 Å². The van der Waals surface area contributed by atoms with Crippen LogP contribution in [-0.4, -0.2) is 33.8 Å². The minimum Gasteiger partial charge on any atom is -0.396 e. The van der Waals surface area contributed by atoms with Gasteiger partial charge in [-0.3, -0.25) is 0 Å². The SMILES string of the molecule is O=C(Nc1cn(CCCO)c2ccc(F)cc12)N1CCc2cc(-c3ccccc3)ccc2C1. The number of nitrogens with zero attached hydrogens (tertiary/aromatic N) is 2. The summed E-state index contributed by atoms with van der Waals surface area (Å²) >= 11 is 0. The third kappa shape index (κ3) is 4.34. The van der Waals surface area contributed by atoms with Gasteiger partial charge in [-0.25, -0.2) is 9.18 Å². The van der Waals surface area contributed by atoms with Gasteiger partial charge in [-0.15, -0.1) is 0 Å². The van der Waals surface area contributed by atoms with Gasteiger partial charge in [-0.1, -0.05) is 48.5 Å². The second-order valence-corrected chi connectivity index (χ2v) is 8.43. The average molecular weight is 444 g/mol. The number of hydrogen-bond donors (Lipinski definition) is 2. The number of aliphatic hydroxyl groups is 1. The van der Waals surface area contributed by atoms with Crippen LogP contribution in [-0.2, 0) is 19.5 Å². The number of anilines is 1. The van der Waals surface area contributed by atoms with E-state index < -0.39 is 0 Å². The van der Waals surface area contributed by atoms with Crippen molar-refractivity contribution >= 4 is 22.6 Å². The number of carbonyl (C=O) groups is 1. The Kier molecular flexibility index (Phi) is 5.84. The lowest BCUT2D eigenvalue weighted by Crippen LogP contribution is -2.38. The monoisotopic (exact) mass is 443 g/mol. The Morgan fingerprint density at radius 3 is 2.67 bits per heavy atom. The Labute approximate surface area is 192 Å². The maximum Gasteiger partial charge on any atom is 0.322 e. The van der Waals surface area contributed by atoms with E-state index >= 15 is 0 Å². The van der Waals surface area contributed by atoms with Crippen molar-refractivity contribution in [2.75, 3.05) is 18.5 Å². The summed E-state index contributed by atoms with van der Waals surface area (Å²) in [5, 5.41) is 12.8. The maximum atomic E-state index is 13.9. The number of aliphatic hydroxyl groups excluding tert-OH is 1. The minimum absolute atomic E-state index is 0.0712. The fourth-order valence-electron chi connectivity index (χ4n) is 4.53. The fourth-order valence-corrected chi connectivity index (χ4v) is 4.53. The highest BCUT2D eigenvalue weighted by Crippen LogP contribution is 2.29. The molecule has 2 amide bonds. The minimum atomic E-state index is -0.348. The Hall–Kier alpha value is -3.64. The molecule has 0 fully saturated rings. The van der Waals surface area contributed by atoms with Gasteiger partial charge in [0.05, 0.1) is 11.2 Å². The molecule has 5 nitrogen and oxygen atoms in total. The predicted octanol–water partition coefficient (Wildman–Crippen LogP) is 5.42. The topological polar surface area (TPSA) is 57.5 Å². The number of benzene rings is 3. The molecule has 1 aliphatic rings. The Bertz CT molecular complexity index is 1300. The van der Waals surface area contributed by atoms with E-state index in [0.717, 1.165) is 17.5 Å². The molecule has 3 aromatic carbocycles.